The number of nitrogens with zero attached hydrogens (tertiary/aromatic N) is 2. The van der Waals surface area contributed by atoms with Crippen LogP contribution in [0.2, 0.25) is 0 Å². The maximum Gasteiger partial charge on any atom is 0.341 e. The maximum atomic E-state index is 11.4. The zero-order valence-electron chi connectivity index (χ0n) is 12.4. The minimum absolute atomic E-state index is 0.0866. The molecule has 110 valence electrons. The second kappa shape index (κ2) is 4.62. The van der Waals surface area contributed by atoms with E-state index in [9.17, 15) is 9.90 Å². The lowest BCUT2D eigenvalue weighted by Gasteiger charge is -2.38. The van der Waals surface area contributed by atoms with Gasteiger partial charge in [0, 0.05) is 0 Å². The van der Waals surface area contributed by atoms with Crippen LogP contribution in [0.25, 0.3) is 0 Å². The van der Waals surface area contributed by atoms with Gasteiger partial charge >= 0.3 is 5.97 Å². The van der Waals surface area contributed by atoms with Crippen LogP contribution < -0.4 is 5.32 Å². The molecule has 0 aliphatic carbocycles. The van der Waals surface area contributed by atoms with Gasteiger partial charge in [0.2, 0.25) is 0 Å². The summed E-state index contributed by atoms with van der Waals surface area (Å²) >= 11 is 0. The third kappa shape index (κ3) is 2.18. The molecule has 0 fully saturated rings. The first-order valence-electron chi connectivity index (χ1n) is 7.04. The lowest BCUT2D eigenvalue weighted by molar-refractivity contribution is 0.0697. The monoisotopic (exact) mass is 285 g/mol. The molecule has 0 amide bonds. The van der Waals surface area contributed by atoms with Crippen LogP contribution in [0.1, 0.15) is 47.8 Å². The third-order valence-electron chi connectivity index (χ3n) is 4.15. The zero-order valence-corrected chi connectivity index (χ0v) is 12.4. The quantitative estimate of drug-likeness (QED) is 0.889. The van der Waals surface area contributed by atoms with E-state index in [2.05, 4.69) is 43.3 Å². The first-order valence-corrected chi connectivity index (χ1v) is 7.04. The van der Waals surface area contributed by atoms with E-state index >= 15 is 0 Å². The first-order chi connectivity index (χ1) is 9.90. The number of carboxylic acids is 1. The molecule has 2 aromatic rings. The van der Waals surface area contributed by atoms with Crippen molar-refractivity contribution in [2.45, 2.75) is 38.8 Å². The normalized spacial score (nSPS) is 19.7. The average Bonchev–Trinajstić information content (AvgIpc) is 2.83. The molecule has 1 aliphatic heterocycles. The molecule has 0 bridgehead atoms. The van der Waals surface area contributed by atoms with Gasteiger partial charge in [-0.15, -0.1) is 0 Å². The van der Waals surface area contributed by atoms with E-state index in [0.29, 0.717) is 5.82 Å². The van der Waals surface area contributed by atoms with Gasteiger partial charge in [0.15, 0.2) is 0 Å². The zero-order chi connectivity index (χ0) is 15.2. The van der Waals surface area contributed by atoms with Crippen molar-refractivity contribution >= 4 is 11.8 Å². The molecule has 0 saturated heterocycles. The summed E-state index contributed by atoms with van der Waals surface area (Å²) in [6, 6.07) is 8.29. The van der Waals surface area contributed by atoms with E-state index in [-0.39, 0.29) is 17.1 Å². The fourth-order valence-corrected chi connectivity index (χ4v) is 3.07. The summed E-state index contributed by atoms with van der Waals surface area (Å²) in [5.74, 6) is -0.364. The van der Waals surface area contributed by atoms with Gasteiger partial charge in [-0.1, -0.05) is 24.3 Å². The van der Waals surface area contributed by atoms with E-state index < -0.39 is 5.97 Å². The van der Waals surface area contributed by atoms with Gasteiger partial charge in [0.25, 0.3) is 0 Å². The lowest BCUT2D eigenvalue weighted by Crippen LogP contribution is -2.38. The summed E-state index contributed by atoms with van der Waals surface area (Å²) in [5.41, 5.74) is 2.40. The number of aromatic carboxylic acids is 1. The van der Waals surface area contributed by atoms with Crippen LogP contribution in [0.15, 0.2) is 30.5 Å². The van der Waals surface area contributed by atoms with Gasteiger partial charge in [0.1, 0.15) is 11.4 Å². The molecule has 1 unspecified atom stereocenters. The van der Waals surface area contributed by atoms with Crippen molar-refractivity contribution in [2.75, 3.05) is 5.32 Å². The van der Waals surface area contributed by atoms with Crippen LogP contribution in [-0.2, 0) is 5.54 Å². The first kappa shape index (κ1) is 13.7. The van der Waals surface area contributed by atoms with Crippen molar-refractivity contribution < 1.29 is 9.90 Å². The lowest BCUT2D eigenvalue weighted by atomic mass is 9.87. The number of aromatic nitrogens is 2. The summed E-state index contributed by atoms with van der Waals surface area (Å²) in [6.07, 6.45) is 2.28. The summed E-state index contributed by atoms with van der Waals surface area (Å²) in [7, 11) is 0. The molecule has 2 N–H and O–H groups in total. The van der Waals surface area contributed by atoms with Gasteiger partial charge < -0.3 is 10.4 Å². The molecule has 5 heteroatoms. The molecule has 21 heavy (non-hydrogen) atoms. The Balaban J connectivity index is 2.08. The Kier molecular flexibility index (Phi) is 3.01. The summed E-state index contributed by atoms with van der Waals surface area (Å²) in [4.78, 5) is 11.4. The predicted molar refractivity (Wildman–Crippen MR) is 80.7 cm³/mol. The number of rotatable bonds is 2. The molecule has 0 radical (unpaired) electrons. The number of aryl methyl sites for hydroxylation is 1. The fraction of sp³-hybridized carbons (Fsp3) is 0.375. The number of benzene rings is 1. The maximum absolute atomic E-state index is 11.4. The van der Waals surface area contributed by atoms with Crippen LogP contribution in [0.3, 0.4) is 0 Å². The largest absolute Gasteiger partial charge is 0.477 e. The van der Waals surface area contributed by atoms with Gasteiger partial charge in [-0.2, -0.15) is 5.10 Å². The Morgan fingerprint density at radius 2 is 2.14 bits per heavy atom. The number of anilines is 1. The minimum atomic E-state index is -0.954. The highest BCUT2D eigenvalue weighted by Crippen LogP contribution is 2.40. The van der Waals surface area contributed by atoms with E-state index in [0.717, 1.165) is 6.42 Å². The van der Waals surface area contributed by atoms with E-state index in [1.54, 1.807) is 4.68 Å². The molecule has 1 atom stereocenters. The van der Waals surface area contributed by atoms with Crippen LogP contribution in [0.5, 0.6) is 0 Å². The van der Waals surface area contributed by atoms with Gasteiger partial charge in [-0.05, 0) is 38.3 Å². The number of carboxylic acid groups (broad SMARTS) is 1. The SMILES string of the molecule is Cc1ccccc1C1CC(C)(C)n2ncc(C(=O)O)c2N1. The second-order valence-electron chi connectivity index (χ2n) is 6.19. The number of nitrogens with one attached hydrogen (secondary N) is 1. The highest BCUT2D eigenvalue weighted by atomic mass is 16.4. The van der Waals surface area contributed by atoms with Crippen molar-refractivity contribution in [1.29, 1.82) is 0 Å². The van der Waals surface area contributed by atoms with Gasteiger partial charge in [-0.3, -0.25) is 0 Å². The van der Waals surface area contributed by atoms with E-state index in [1.165, 1.54) is 17.3 Å². The van der Waals surface area contributed by atoms with Crippen molar-refractivity contribution in [3.63, 3.8) is 0 Å². The third-order valence-corrected chi connectivity index (χ3v) is 4.15. The summed E-state index contributed by atoms with van der Waals surface area (Å²) in [5, 5.41) is 16.9. The average molecular weight is 285 g/mol. The molecule has 1 aliphatic rings. The number of hydrogen-bond donors (Lipinski definition) is 2. The Bertz CT molecular complexity index is 703. The molecule has 5 nitrogen and oxygen atoms in total. The standard InChI is InChI=1S/C16H19N3O2/c1-10-6-4-5-7-11(10)13-8-16(2,3)19-14(18-13)12(9-17-19)15(20)21/h4-7,9,13,18H,8H2,1-3H3,(H,20,21). The molecule has 0 saturated carbocycles. The van der Waals surface area contributed by atoms with Gasteiger partial charge in [0.05, 0.1) is 17.8 Å². The Morgan fingerprint density at radius 1 is 1.43 bits per heavy atom. The molecule has 0 spiro atoms. The molecular formula is C16H19N3O2. The highest BCUT2D eigenvalue weighted by molar-refractivity contribution is 5.93. The van der Waals surface area contributed by atoms with E-state index in [4.69, 9.17) is 0 Å². The predicted octanol–water partition coefficient (Wildman–Crippen LogP) is 3.18. The Morgan fingerprint density at radius 3 is 2.81 bits per heavy atom. The second-order valence-corrected chi connectivity index (χ2v) is 6.19. The highest BCUT2D eigenvalue weighted by Gasteiger charge is 2.36. The van der Waals surface area contributed by atoms with Crippen LogP contribution in [0, 0.1) is 6.92 Å². The topological polar surface area (TPSA) is 67.2 Å². The number of hydrogen-bond acceptors (Lipinski definition) is 3. The molecule has 2 heterocycles. The van der Waals surface area contributed by atoms with Crippen LogP contribution >= 0.6 is 0 Å². The molecule has 3 rings (SSSR count). The minimum Gasteiger partial charge on any atom is -0.477 e. The van der Waals surface area contributed by atoms with Crippen molar-refractivity contribution in [3.8, 4) is 0 Å². The Labute approximate surface area is 123 Å². The molecule has 1 aromatic carbocycles. The van der Waals surface area contributed by atoms with Crippen molar-refractivity contribution in [1.82, 2.24) is 9.78 Å². The van der Waals surface area contributed by atoms with Crippen molar-refractivity contribution in [3.05, 3.63) is 47.2 Å². The molecular weight excluding hydrogens is 266 g/mol. The Hall–Kier alpha value is -2.30. The van der Waals surface area contributed by atoms with Crippen molar-refractivity contribution in [2.24, 2.45) is 0 Å². The smallest absolute Gasteiger partial charge is 0.341 e. The summed E-state index contributed by atoms with van der Waals surface area (Å²) in [6.45, 7) is 6.25. The van der Waals surface area contributed by atoms with Crippen LogP contribution in [-0.4, -0.2) is 20.9 Å². The summed E-state index contributed by atoms with van der Waals surface area (Å²) < 4.78 is 1.78. The van der Waals surface area contributed by atoms with Crippen LogP contribution in [0.4, 0.5) is 5.82 Å². The molecule has 1 aromatic heterocycles. The number of fused-ring (bicyclic) bond motifs is 1. The van der Waals surface area contributed by atoms with Gasteiger partial charge in [-0.25, -0.2) is 9.48 Å². The number of carbonyl (C=O) groups is 1. The fourth-order valence-electron chi connectivity index (χ4n) is 3.07. The van der Waals surface area contributed by atoms with E-state index in [1.807, 2.05) is 12.1 Å².